The van der Waals surface area contributed by atoms with Gasteiger partial charge >= 0.3 is 5.97 Å². The van der Waals surface area contributed by atoms with Gasteiger partial charge in [0.2, 0.25) is 15.8 Å². The van der Waals surface area contributed by atoms with Gasteiger partial charge in [-0.1, -0.05) is 6.92 Å². The first kappa shape index (κ1) is 21.8. The average molecular weight is 407 g/mol. The molecule has 1 heterocycles. The molecule has 0 bridgehead atoms. The van der Waals surface area contributed by atoms with Crippen molar-refractivity contribution in [2.75, 3.05) is 6.61 Å². The van der Waals surface area contributed by atoms with Gasteiger partial charge < -0.3 is 9.30 Å². The van der Waals surface area contributed by atoms with Crippen molar-refractivity contribution in [2.45, 2.75) is 45.1 Å². The number of aryl methyl sites for hydroxylation is 1. The van der Waals surface area contributed by atoms with Crippen LogP contribution >= 0.6 is 0 Å². The molecular weight excluding hydrogens is 380 g/mol. The lowest BCUT2D eigenvalue weighted by Crippen LogP contribution is -2.32. The number of carbonyl (C=O) groups excluding carboxylic acids is 2. The molecule has 0 saturated heterocycles. The van der Waals surface area contributed by atoms with Crippen molar-refractivity contribution in [1.29, 1.82) is 0 Å². The molecule has 0 saturated carbocycles. The van der Waals surface area contributed by atoms with Gasteiger partial charge in [0.25, 0.3) is 0 Å². The molecule has 2 rings (SSSR count). The molecule has 2 aromatic rings. The summed E-state index contributed by atoms with van der Waals surface area (Å²) in [5.74, 6) is -0.969. The normalized spacial score (nSPS) is 12.6. The zero-order valence-corrected chi connectivity index (χ0v) is 17.6. The number of nitrogens with one attached hydrogen (secondary N) is 1. The molecule has 0 spiro atoms. The Morgan fingerprint density at radius 1 is 1.18 bits per heavy atom. The van der Waals surface area contributed by atoms with Crippen LogP contribution < -0.4 is 4.72 Å². The topological polar surface area (TPSA) is 94.5 Å². The largest absolute Gasteiger partial charge is 0.454 e. The average Bonchev–Trinajstić information content (AvgIpc) is 2.93. The standard InChI is InChI=1S/C20H26N2O5S/c1-6-13(2)21-28(25,26)17-9-7-16(8-10-17)20(24)27-12-19(23)18-11-14(3)22(5)15(18)4/h7-11,13,21H,6,12H2,1-5H3/t13-/m0/s1. The minimum atomic E-state index is -3.64. The fourth-order valence-corrected chi connectivity index (χ4v) is 3.94. The minimum absolute atomic E-state index is 0.0656. The van der Waals surface area contributed by atoms with Gasteiger partial charge in [-0.05, 0) is 57.5 Å². The lowest BCUT2D eigenvalue weighted by Gasteiger charge is -2.12. The summed E-state index contributed by atoms with van der Waals surface area (Å²) in [5.41, 5.74) is 2.44. The molecule has 1 N–H and O–H groups in total. The Bertz CT molecular complexity index is 975. The highest BCUT2D eigenvalue weighted by Gasteiger charge is 2.19. The monoisotopic (exact) mass is 406 g/mol. The quantitative estimate of drug-likeness (QED) is 0.537. The third-order valence-corrected chi connectivity index (χ3v) is 6.38. The summed E-state index contributed by atoms with van der Waals surface area (Å²) >= 11 is 0. The minimum Gasteiger partial charge on any atom is -0.454 e. The molecule has 8 heteroatoms. The first-order valence-electron chi connectivity index (χ1n) is 9.02. The van der Waals surface area contributed by atoms with Crippen LogP contribution in [0.3, 0.4) is 0 Å². The molecule has 152 valence electrons. The molecule has 0 aliphatic rings. The number of esters is 1. The highest BCUT2D eigenvalue weighted by atomic mass is 32.2. The molecule has 1 aromatic carbocycles. The van der Waals surface area contributed by atoms with Crippen LogP contribution in [-0.2, 0) is 21.8 Å². The summed E-state index contributed by atoms with van der Waals surface area (Å²) in [4.78, 5) is 24.5. The lowest BCUT2D eigenvalue weighted by atomic mass is 10.1. The smallest absolute Gasteiger partial charge is 0.338 e. The van der Waals surface area contributed by atoms with E-state index in [1.54, 1.807) is 13.0 Å². The molecule has 0 aliphatic heterocycles. The number of benzene rings is 1. The second-order valence-corrected chi connectivity index (χ2v) is 8.51. The summed E-state index contributed by atoms with van der Waals surface area (Å²) in [6, 6.07) is 6.99. The Balaban J connectivity index is 2.03. The molecule has 7 nitrogen and oxygen atoms in total. The second-order valence-electron chi connectivity index (χ2n) is 6.80. The first-order chi connectivity index (χ1) is 13.1. The van der Waals surface area contributed by atoms with Crippen LogP contribution in [0.2, 0.25) is 0 Å². The number of sulfonamides is 1. The van der Waals surface area contributed by atoms with Crippen LogP contribution in [0.4, 0.5) is 0 Å². The van der Waals surface area contributed by atoms with Gasteiger partial charge in [-0.2, -0.15) is 0 Å². The predicted molar refractivity (Wildman–Crippen MR) is 106 cm³/mol. The fraction of sp³-hybridized carbons (Fsp3) is 0.400. The summed E-state index contributed by atoms with van der Waals surface area (Å²) in [6.45, 7) is 7.00. The second kappa shape index (κ2) is 8.70. The molecule has 0 fully saturated rings. The third kappa shape index (κ3) is 4.88. The van der Waals surface area contributed by atoms with Crippen molar-refractivity contribution in [1.82, 2.24) is 9.29 Å². The highest BCUT2D eigenvalue weighted by Crippen LogP contribution is 2.15. The Kier molecular flexibility index (Phi) is 6.79. The third-order valence-electron chi connectivity index (χ3n) is 4.78. The summed E-state index contributed by atoms with van der Waals surface area (Å²) in [5, 5.41) is 0. The molecule has 0 radical (unpaired) electrons. The van der Waals surface area contributed by atoms with Crippen LogP contribution in [0.1, 0.15) is 52.4 Å². The van der Waals surface area contributed by atoms with E-state index >= 15 is 0 Å². The maximum atomic E-state index is 12.3. The molecule has 1 aromatic heterocycles. The van der Waals surface area contributed by atoms with E-state index in [-0.39, 0.29) is 28.9 Å². The number of ether oxygens (including phenoxy) is 1. The first-order valence-corrected chi connectivity index (χ1v) is 10.5. The number of Topliss-reactive ketones (excluding diaryl/α,β-unsaturated/α-hetero) is 1. The van der Waals surface area contributed by atoms with Gasteiger partial charge in [0.15, 0.2) is 6.61 Å². The van der Waals surface area contributed by atoms with Gasteiger partial charge in [0.05, 0.1) is 10.5 Å². The Labute approximate surface area is 165 Å². The summed E-state index contributed by atoms with van der Waals surface area (Å²) < 4.78 is 34.0. The number of nitrogens with zero attached hydrogens (tertiary/aromatic N) is 1. The van der Waals surface area contributed by atoms with Crippen molar-refractivity contribution >= 4 is 21.8 Å². The van der Waals surface area contributed by atoms with Crippen LogP contribution in [0.5, 0.6) is 0 Å². The van der Waals surface area contributed by atoms with Crippen molar-refractivity contribution in [2.24, 2.45) is 7.05 Å². The number of hydrogen-bond donors (Lipinski definition) is 1. The van der Waals surface area contributed by atoms with Gasteiger partial charge in [0.1, 0.15) is 0 Å². The number of rotatable bonds is 8. The molecule has 0 unspecified atom stereocenters. The summed E-state index contributed by atoms with van der Waals surface area (Å²) in [7, 11) is -1.78. The van der Waals surface area contributed by atoms with E-state index in [1.165, 1.54) is 24.3 Å². The van der Waals surface area contributed by atoms with E-state index in [9.17, 15) is 18.0 Å². The van der Waals surface area contributed by atoms with E-state index in [2.05, 4.69) is 4.72 Å². The van der Waals surface area contributed by atoms with Gasteiger partial charge in [-0.25, -0.2) is 17.9 Å². The fourth-order valence-electron chi connectivity index (χ4n) is 2.62. The zero-order chi connectivity index (χ0) is 21.1. The Morgan fingerprint density at radius 2 is 1.79 bits per heavy atom. The van der Waals surface area contributed by atoms with Crippen molar-refractivity contribution in [3.05, 3.63) is 52.8 Å². The van der Waals surface area contributed by atoms with Gasteiger partial charge in [-0.3, -0.25) is 4.79 Å². The molecular formula is C20H26N2O5S. The number of carbonyl (C=O) groups is 2. The van der Waals surface area contributed by atoms with Gasteiger partial charge in [-0.15, -0.1) is 0 Å². The predicted octanol–water partition coefficient (Wildman–Crippen LogP) is 2.76. The Hall–Kier alpha value is -2.45. The van der Waals surface area contributed by atoms with Crippen molar-refractivity contribution in [3.8, 4) is 0 Å². The van der Waals surface area contributed by atoms with Gasteiger partial charge in [0, 0.05) is 30.0 Å². The molecule has 1 atom stereocenters. The van der Waals surface area contributed by atoms with E-state index in [0.717, 1.165) is 11.4 Å². The van der Waals surface area contributed by atoms with Crippen LogP contribution in [0, 0.1) is 13.8 Å². The van der Waals surface area contributed by atoms with Crippen LogP contribution in [-0.4, -0.2) is 37.4 Å². The molecule has 0 amide bonds. The highest BCUT2D eigenvalue weighted by molar-refractivity contribution is 7.89. The number of hydrogen-bond acceptors (Lipinski definition) is 5. The zero-order valence-electron chi connectivity index (χ0n) is 16.8. The van der Waals surface area contributed by atoms with Crippen LogP contribution in [0.15, 0.2) is 35.2 Å². The molecule has 0 aliphatic carbocycles. The number of aromatic nitrogens is 1. The van der Waals surface area contributed by atoms with E-state index in [0.29, 0.717) is 12.0 Å². The van der Waals surface area contributed by atoms with Crippen molar-refractivity contribution in [3.63, 3.8) is 0 Å². The van der Waals surface area contributed by atoms with Crippen LogP contribution in [0.25, 0.3) is 0 Å². The lowest BCUT2D eigenvalue weighted by molar-refractivity contribution is 0.0474. The molecule has 28 heavy (non-hydrogen) atoms. The number of ketones is 1. The summed E-state index contributed by atoms with van der Waals surface area (Å²) in [6.07, 6.45) is 0.665. The SMILES string of the molecule is CC[C@H](C)NS(=O)(=O)c1ccc(C(=O)OCC(=O)c2cc(C)n(C)c2C)cc1. The van der Waals surface area contributed by atoms with E-state index < -0.39 is 16.0 Å². The maximum absolute atomic E-state index is 12.3. The van der Waals surface area contributed by atoms with Crippen molar-refractivity contribution < 1.29 is 22.7 Å². The maximum Gasteiger partial charge on any atom is 0.338 e. The Morgan fingerprint density at radius 3 is 2.29 bits per heavy atom. The van der Waals surface area contributed by atoms with E-state index in [4.69, 9.17) is 4.74 Å². The van der Waals surface area contributed by atoms with E-state index in [1.807, 2.05) is 32.4 Å².